The van der Waals surface area contributed by atoms with Crippen LogP contribution in [0.3, 0.4) is 0 Å². The molecule has 306 valence electrons. The first-order valence-corrected chi connectivity index (χ1v) is 19.3. The SMILES string of the molecule is Cc1nn(-c2ccc(S(=O)(=O)O)cc2)c(O)c1N=Nc1ccc(-c2ccc(N=Nc3ccc4c(S(=O)(=O)[O-])cc(S(=O)(=O)[O-])c(N)c4c3O)c(O)c2)cc1O.[Cu].[Cu]. The Morgan fingerprint density at radius 3 is 1.65 bits per heavy atom. The van der Waals surface area contributed by atoms with Gasteiger partial charge in [0.15, 0.2) is 11.4 Å². The quantitative estimate of drug-likeness (QED) is 0.0464. The molecule has 1 heterocycles. The van der Waals surface area contributed by atoms with Crippen LogP contribution in [0, 0.1) is 6.92 Å². The van der Waals surface area contributed by atoms with E-state index < -0.39 is 79.7 Å². The van der Waals surface area contributed by atoms with Crippen molar-refractivity contribution in [2.75, 3.05) is 5.73 Å². The van der Waals surface area contributed by atoms with Crippen LogP contribution in [0.1, 0.15) is 5.69 Å². The van der Waals surface area contributed by atoms with Crippen LogP contribution in [0.5, 0.6) is 23.1 Å². The molecule has 25 heteroatoms. The van der Waals surface area contributed by atoms with Crippen LogP contribution in [0.2, 0.25) is 0 Å². The number of phenolic OH excluding ortho intramolecular Hbond substituents is 3. The number of hydrogen-bond acceptors (Lipinski definition) is 18. The molecule has 7 N–H and O–H groups in total. The van der Waals surface area contributed by atoms with Crippen LogP contribution in [0.15, 0.2) is 114 Å². The van der Waals surface area contributed by atoms with E-state index in [9.17, 15) is 59.3 Å². The fourth-order valence-corrected chi connectivity index (χ4v) is 7.19. The maximum absolute atomic E-state index is 11.8. The molecule has 6 aromatic rings. The molecule has 57 heavy (non-hydrogen) atoms. The third kappa shape index (κ3) is 8.92. The van der Waals surface area contributed by atoms with Crippen molar-refractivity contribution in [2.24, 2.45) is 20.5 Å². The second-order valence-corrected chi connectivity index (χ2v) is 15.6. The van der Waals surface area contributed by atoms with E-state index >= 15 is 0 Å². The van der Waals surface area contributed by atoms with Crippen molar-refractivity contribution < 1.29 is 93.5 Å². The summed E-state index contributed by atoms with van der Waals surface area (Å²) >= 11 is 0. The summed E-state index contributed by atoms with van der Waals surface area (Å²) in [4.78, 5) is -2.72. The van der Waals surface area contributed by atoms with E-state index in [1.54, 1.807) is 0 Å². The number of nitrogens with two attached hydrogens (primary N) is 1. The molecular formula is C32H23Cu2N7O13S3-2. The van der Waals surface area contributed by atoms with Crippen LogP contribution < -0.4 is 5.73 Å². The maximum atomic E-state index is 11.8. The average Bonchev–Trinajstić information content (AvgIpc) is 3.38. The Morgan fingerprint density at radius 2 is 1.16 bits per heavy atom. The molecule has 6 rings (SSSR count). The van der Waals surface area contributed by atoms with Crippen molar-refractivity contribution in [3.63, 3.8) is 0 Å². The number of nitrogens with zero attached hydrogens (tertiary/aromatic N) is 6. The molecule has 0 spiro atoms. The van der Waals surface area contributed by atoms with E-state index in [0.717, 1.165) is 28.9 Å². The zero-order chi connectivity index (χ0) is 40.2. The van der Waals surface area contributed by atoms with Crippen molar-refractivity contribution in [1.82, 2.24) is 9.78 Å². The first-order chi connectivity index (χ1) is 25.6. The minimum atomic E-state index is -5.39. The zero-order valence-corrected chi connectivity index (χ0v) is 32.4. The molecule has 0 amide bonds. The van der Waals surface area contributed by atoms with Gasteiger partial charge in [0.1, 0.15) is 48.8 Å². The van der Waals surface area contributed by atoms with Crippen molar-refractivity contribution in [3.05, 3.63) is 84.6 Å². The fraction of sp³-hybridized carbons (Fsp3) is 0.0312. The fourth-order valence-electron chi connectivity index (χ4n) is 5.30. The van der Waals surface area contributed by atoms with E-state index in [1.807, 2.05) is 0 Å². The Balaban J connectivity index is 0.00000360. The van der Waals surface area contributed by atoms with Gasteiger partial charge >= 0.3 is 0 Å². The zero-order valence-electron chi connectivity index (χ0n) is 28.1. The van der Waals surface area contributed by atoms with Gasteiger partial charge in [-0.25, -0.2) is 16.8 Å². The Labute approximate surface area is 343 Å². The van der Waals surface area contributed by atoms with Crippen LogP contribution >= 0.6 is 0 Å². The first kappa shape index (κ1) is 44.3. The number of hydrogen-bond donors (Lipinski definition) is 6. The predicted octanol–water partition coefficient (Wildman–Crippen LogP) is 5.29. The summed E-state index contributed by atoms with van der Waals surface area (Å²) in [6.07, 6.45) is 0. The summed E-state index contributed by atoms with van der Waals surface area (Å²) in [5.74, 6) is -2.14. The van der Waals surface area contributed by atoms with Gasteiger partial charge < -0.3 is 35.3 Å². The average molecular weight is 937 g/mol. The molecule has 0 aliphatic rings. The number of fused-ring (bicyclic) bond motifs is 1. The Morgan fingerprint density at radius 1 is 0.667 bits per heavy atom. The van der Waals surface area contributed by atoms with Gasteiger partial charge in [0.25, 0.3) is 10.1 Å². The third-order valence-corrected chi connectivity index (χ3v) is 10.6. The number of benzene rings is 5. The van der Waals surface area contributed by atoms with E-state index in [2.05, 4.69) is 25.6 Å². The Bertz CT molecular complexity index is 2980. The maximum Gasteiger partial charge on any atom is 0.294 e. The summed E-state index contributed by atoms with van der Waals surface area (Å²) in [6.45, 7) is 1.52. The van der Waals surface area contributed by atoms with Gasteiger partial charge in [-0.05, 0) is 78.7 Å². The number of rotatable bonds is 9. The number of nitrogen functional groups attached to an aromatic ring is 1. The molecule has 0 fully saturated rings. The Kier molecular flexibility index (Phi) is 12.6. The normalized spacial score (nSPS) is 12.2. The standard InChI is InChI=1S/C32H25N7O13S3.2Cu/c1-15-30(32(43)39(38-15)18-4-6-19(7-5-18)53(44,45)46)37-35-22-10-3-17(13-25(22)41)16-2-9-21(24(40)12-16)34-36-23-11-8-20-26(54(47,48)49)14-27(55(50,51)52)29(33)28(20)31(23)42;;/h2-14,40-43H,33H2,1H3,(H,44,45,46)(H,47,48,49)(H,50,51,52);;/p-2. The summed E-state index contributed by atoms with van der Waals surface area (Å²) in [6, 6.07) is 15.5. The van der Waals surface area contributed by atoms with Gasteiger partial charge in [0.2, 0.25) is 5.88 Å². The third-order valence-electron chi connectivity index (χ3n) is 7.95. The van der Waals surface area contributed by atoms with E-state index in [0.29, 0.717) is 17.2 Å². The molecule has 0 bridgehead atoms. The molecule has 0 atom stereocenters. The van der Waals surface area contributed by atoms with E-state index in [-0.39, 0.29) is 73.2 Å². The van der Waals surface area contributed by atoms with Crippen molar-refractivity contribution >= 4 is 69.6 Å². The van der Waals surface area contributed by atoms with Gasteiger partial charge in [-0.1, -0.05) is 18.2 Å². The number of phenols is 3. The van der Waals surface area contributed by atoms with Gasteiger partial charge in [0, 0.05) is 39.5 Å². The minimum Gasteiger partial charge on any atom is -0.744 e. The monoisotopic (exact) mass is 935 g/mol. The van der Waals surface area contributed by atoms with Crippen molar-refractivity contribution in [1.29, 1.82) is 0 Å². The molecule has 20 nitrogen and oxygen atoms in total. The largest absolute Gasteiger partial charge is 0.744 e. The van der Waals surface area contributed by atoms with Gasteiger partial charge in [-0.2, -0.15) is 18.2 Å². The van der Waals surface area contributed by atoms with Gasteiger partial charge in [-0.3, -0.25) is 4.55 Å². The smallest absolute Gasteiger partial charge is 0.294 e. The topological polar surface area (TPSA) is 343 Å². The van der Waals surface area contributed by atoms with Crippen LogP contribution in [-0.4, -0.2) is 69.1 Å². The molecule has 0 aliphatic carbocycles. The number of aryl methyl sites for hydroxylation is 1. The molecule has 0 aliphatic heterocycles. The summed E-state index contributed by atoms with van der Waals surface area (Å²) in [5.41, 5.74) is 5.59. The molecule has 0 saturated heterocycles. The number of azo groups is 2. The second-order valence-electron chi connectivity index (χ2n) is 11.5. The molecule has 5 aromatic carbocycles. The van der Waals surface area contributed by atoms with Crippen LogP contribution in [0.25, 0.3) is 27.6 Å². The summed E-state index contributed by atoms with van der Waals surface area (Å²) in [5, 5.41) is 61.6. The van der Waals surface area contributed by atoms with Crippen LogP contribution in [-0.2, 0) is 64.5 Å². The molecule has 2 radical (unpaired) electrons. The first-order valence-electron chi connectivity index (χ1n) is 15.0. The minimum absolute atomic E-state index is 0. The van der Waals surface area contributed by atoms with Gasteiger partial charge in [0.05, 0.1) is 37.1 Å². The van der Waals surface area contributed by atoms with Crippen molar-refractivity contribution in [2.45, 2.75) is 21.6 Å². The second kappa shape index (κ2) is 16.2. The van der Waals surface area contributed by atoms with Crippen molar-refractivity contribution in [3.8, 4) is 39.9 Å². The molecule has 0 unspecified atom stereocenters. The van der Waals surface area contributed by atoms with E-state index in [1.165, 1.54) is 55.5 Å². The Hall–Kier alpha value is -5.46. The summed E-state index contributed by atoms with van der Waals surface area (Å²) in [7, 11) is -15.2. The van der Waals surface area contributed by atoms with Gasteiger partial charge in [-0.15, -0.1) is 20.5 Å². The van der Waals surface area contributed by atoms with E-state index in [4.69, 9.17) is 5.73 Å². The molecule has 0 saturated carbocycles. The molecule has 1 aromatic heterocycles. The predicted molar refractivity (Wildman–Crippen MR) is 189 cm³/mol. The number of anilines is 1. The van der Waals surface area contributed by atoms with Crippen LogP contribution in [0.4, 0.5) is 28.4 Å². The number of aromatic nitrogens is 2. The molecular weight excluding hydrogens is 914 g/mol. The number of aromatic hydroxyl groups is 4. The summed E-state index contributed by atoms with van der Waals surface area (Å²) < 4.78 is 104.